The van der Waals surface area contributed by atoms with Crippen molar-refractivity contribution in [2.45, 2.75) is 46.3 Å². The number of aromatic nitrogens is 2. The van der Waals surface area contributed by atoms with E-state index in [1.807, 2.05) is 20.8 Å². The highest BCUT2D eigenvalue weighted by molar-refractivity contribution is 5.97. The van der Waals surface area contributed by atoms with Gasteiger partial charge in [-0.05, 0) is 24.5 Å². The lowest BCUT2D eigenvalue weighted by Crippen LogP contribution is -2.45. The van der Waals surface area contributed by atoms with Crippen LogP contribution >= 0.6 is 0 Å². The van der Waals surface area contributed by atoms with Gasteiger partial charge in [0.25, 0.3) is 11.5 Å². The number of nitrogens with two attached hydrogens (primary N) is 1. The van der Waals surface area contributed by atoms with Gasteiger partial charge in [-0.3, -0.25) is 19.1 Å². The van der Waals surface area contributed by atoms with Crippen molar-refractivity contribution >= 4 is 23.4 Å². The number of esters is 1. The molecule has 0 spiro atoms. The maximum atomic E-state index is 13.1. The highest BCUT2D eigenvalue weighted by Crippen LogP contribution is 2.31. The largest absolute Gasteiger partial charge is 0.485 e. The Labute approximate surface area is 196 Å². The van der Waals surface area contributed by atoms with E-state index in [0.717, 1.165) is 11.3 Å². The topological polar surface area (TPSA) is 146 Å². The molecule has 1 amide bonds. The normalized spacial score (nSPS) is 14.6. The van der Waals surface area contributed by atoms with Crippen molar-refractivity contribution in [3.05, 3.63) is 45.1 Å². The second-order valence-electron chi connectivity index (χ2n) is 8.37. The minimum atomic E-state index is -1.04. The molecule has 0 radical (unpaired) electrons. The van der Waals surface area contributed by atoms with Crippen LogP contribution in [-0.2, 0) is 20.9 Å². The van der Waals surface area contributed by atoms with Gasteiger partial charge in [-0.1, -0.05) is 39.3 Å². The van der Waals surface area contributed by atoms with Crippen LogP contribution in [0.1, 0.15) is 33.6 Å². The fourth-order valence-corrected chi connectivity index (χ4v) is 3.50. The van der Waals surface area contributed by atoms with Gasteiger partial charge in [0.2, 0.25) is 6.10 Å². The minimum Gasteiger partial charge on any atom is -0.485 e. The number of nitrogens with zero attached hydrogens (tertiary/aromatic N) is 2. The molecule has 0 aliphatic carbocycles. The van der Waals surface area contributed by atoms with Gasteiger partial charge in [-0.2, -0.15) is 0 Å². The lowest BCUT2D eigenvalue weighted by Gasteiger charge is -2.27. The van der Waals surface area contributed by atoms with Crippen molar-refractivity contribution in [2.75, 3.05) is 30.4 Å². The van der Waals surface area contributed by atoms with Crippen LogP contribution in [0.2, 0.25) is 0 Å². The van der Waals surface area contributed by atoms with Crippen molar-refractivity contribution in [1.29, 1.82) is 0 Å². The van der Waals surface area contributed by atoms with Gasteiger partial charge < -0.3 is 24.8 Å². The number of benzene rings is 1. The van der Waals surface area contributed by atoms with Crippen LogP contribution in [0.5, 0.6) is 11.5 Å². The molecule has 1 aliphatic heterocycles. The number of unbranched alkanes of at least 4 members (excludes halogenated alkanes) is 1. The number of anilines is 2. The number of ether oxygens (including phenoxy) is 3. The minimum absolute atomic E-state index is 0.0407. The number of hydrogen-bond acceptors (Lipinski definition) is 8. The summed E-state index contributed by atoms with van der Waals surface area (Å²) in [5.74, 6) is -0.667. The number of H-pyrrole nitrogens is 1. The summed E-state index contributed by atoms with van der Waals surface area (Å²) < 4.78 is 17.5. The lowest BCUT2D eigenvalue weighted by molar-refractivity contribution is -0.157. The van der Waals surface area contributed by atoms with Gasteiger partial charge >= 0.3 is 11.7 Å². The molecule has 1 aliphatic rings. The molecule has 3 rings (SSSR count). The highest BCUT2D eigenvalue weighted by atomic mass is 16.6. The molecular weight excluding hydrogens is 444 g/mol. The average molecular weight is 475 g/mol. The predicted molar refractivity (Wildman–Crippen MR) is 125 cm³/mol. The Bertz CT molecular complexity index is 1150. The first-order chi connectivity index (χ1) is 16.2. The zero-order chi connectivity index (χ0) is 24.8. The highest BCUT2D eigenvalue weighted by Gasteiger charge is 2.31. The molecule has 0 unspecified atom stereocenters. The lowest BCUT2D eigenvalue weighted by atomic mass is 10.2. The maximum Gasteiger partial charge on any atom is 0.351 e. The summed E-state index contributed by atoms with van der Waals surface area (Å²) in [6.07, 6.45) is 0.436. The first-order valence-corrected chi connectivity index (χ1v) is 11.2. The van der Waals surface area contributed by atoms with E-state index in [1.165, 1.54) is 4.57 Å². The van der Waals surface area contributed by atoms with Crippen LogP contribution < -0.4 is 31.4 Å². The smallest absolute Gasteiger partial charge is 0.351 e. The molecule has 0 bridgehead atoms. The second-order valence-corrected chi connectivity index (χ2v) is 8.37. The van der Waals surface area contributed by atoms with E-state index in [0.29, 0.717) is 24.5 Å². The Morgan fingerprint density at radius 1 is 1.26 bits per heavy atom. The summed E-state index contributed by atoms with van der Waals surface area (Å²) in [5, 5.41) is 0. The van der Waals surface area contributed by atoms with Crippen molar-refractivity contribution in [3.63, 3.8) is 0 Å². The van der Waals surface area contributed by atoms with E-state index < -0.39 is 35.8 Å². The van der Waals surface area contributed by atoms with Crippen molar-refractivity contribution < 1.29 is 23.8 Å². The first kappa shape index (κ1) is 24.9. The second kappa shape index (κ2) is 10.9. The molecule has 3 N–H and O–H groups in total. The van der Waals surface area contributed by atoms with Crippen molar-refractivity contribution in [2.24, 2.45) is 5.92 Å². The van der Waals surface area contributed by atoms with Crippen LogP contribution in [0, 0.1) is 5.92 Å². The Balaban J connectivity index is 1.77. The summed E-state index contributed by atoms with van der Waals surface area (Å²) in [6, 6.07) is 6.89. The van der Waals surface area contributed by atoms with Crippen LogP contribution in [0.4, 0.5) is 11.5 Å². The number of hydrogen-bond donors (Lipinski definition) is 2. The van der Waals surface area contributed by atoms with Crippen LogP contribution in [0.15, 0.2) is 33.9 Å². The predicted octanol–water partition coefficient (Wildman–Crippen LogP) is 1.29. The quantitative estimate of drug-likeness (QED) is 0.517. The van der Waals surface area contributed by atoms with Crippen LogP contribution in [-0.4, -0.2) is 47.3 Å². The van der Waals surface area contributed by atoms with Gasteiger partial charge in [0.15, 0.2) is 23.8 Å². The third-order valence-corrected chi connectivity index (χ3v) is 5.18. The summed E-state index contributed by atoms with van der Waals surface area (Å²) in [5.41, 5.74) is 4.60. The number of nitrogen functional groups attached to an aromatic ring is 1. The molecule has 11 heteroatoms. The third-order valence-electron chi connectivity index (χ3n) is 5.18. The summed E-state index contributed by atoms with van der Waals surface area (Å²) in [7, 11) is 0. The van der Waals surface area contributed by atoms with Gasteiger partial charge in [0.1, 0.15) is 12.4 Å². The van der Waals surface area contributed by atoms with E-state index in [1.54, 1.807) is 24.3 Å². The van der Waals surface area contributed by atoms with E-state index in [2.05, 4.69) is 4.98 Å². The molecule has 2 aromatic rings. The van der Waals surface area contributed by atoms with E-state index in [-0.39, 0.29) is 30.6 Å². The molecule has 11 nitrogen and oxygen atoms in total. The zero-order valence-corrected chi connectivity index (χ0v) is 19.5. The van der Waals surface area contributed by atoms with Gasteiger partial charge in [0, 0.05) is 13.1 Å². The Hall–Kier alpha value is -3.76. The number of rotatable bonds is 9. The van der Waals surface area contributed by atoms with Gasteiger partial charge in [-0.25, -0.2) is 9.59 Å². The molecule has 0 saturated heterocycles. The number of nitrogens with one attached hydrogen (secondary N) is 1. The summed E-state index contributed by atoms with van der Waals surface area (Å²) >= 11 is 0. The van der Waals surface area contributed by atoms with Gasteiger partial charge in [-0.15, -0.1) is 0 Å². The molecule has 2 heterocycles. The van der Waals surface area contributed by atoms with E-state index >= 15 is 0 Å². The monoisotopic (exact) mass is 474 g/mol. The zero-order valence-electron chi connectivity index (χ0n) is 19.5. The fraction of sp³-hybridized carbons (Fsp3) is 0.478. The molecule has 1 aromatic carbocycles. The standard InChI is InChI=1S/C23H30N4O7/c1-4-5-10-26-20(24)19(21(29)25-23(26)31)27(11-14(2)3)18(28)13-33-22(30)17-12-32-15-8-6-7-9-16(15)34-17/h6-9,14,17H,4-5,10-13,24H2,1-3H3,(H,25,29,31)/t17-/m1/s1. The molecule has 0 fully saturated rings. The molecule has 0 saturated carbocycles. The van der Waals surface area contributed by atoms with Crippen molar-refractivity contribution in [3.8, 4) is 11.5 Å². The Morgan fingerprint density at radius 2 is 1.97 bits per heavy atom. The average Bonchev–Trinajstić information content (AvgIpc) is 2.80. The molecular formula is C23H30N4O7. The number of carbonyl (C=O) groups is 2. The summed E-state index contributed by atoms with van der Waals surface area (Å²) in [4.78, 5) is 53.8. The number of carbonyl (C=O) groups excluding carboxylic acids is 2. The number of fused-ring (bicyclic) bond motifs is 1. The fourth-order valence-electron chi connectivity index (χ4n) is 3.50. The molecule has 34 heavy (non-hydrogen) atoms. The molecule has 1 atom stereocenters. The Morgan fingerprint density at radius 3 is 2.65 bits per heavy atom. The van der Waals surface area contributed by atoms with Gasteiger partial charge in [0.05, 0.1) is 0 Å². The van der Waals surface area contributed by atoms with E-state index in [4.69, 9.17) is 19.9 Å². The number of amides is 1. The van der Waals surface area contributed by atoms with Crippen LogP contribution in [0.3, 0.4) is 0 Å². The SMILES string of the molecule is CCCCn1c(N)c(N(CC(C)C)C(=O)COC(=O)[C@H]2COc3ccccc3O2)c(=O)[nH]c1=O. The van der Waals surface area contributed by atoms with Crippen molar-refractivity contribution in [1.82, 2.24) is 9.55 Å². The number of para-hydroxylation sites is 2. The summed E-state index contributed by atoms with van der Waals surface area (Å²) in [6.45, 7) is 5.39. The Kier molecular flexibility index (Phi) is 7.98. The third kappa shape index (κ3) is 5.59. The molecule has 1 aromatic heterocycles. The maximum absolute atomic E-state index is 13.1. The number of aromatic amines is 1. The van der Waals surface area contributed by atoms with E-state index in [9.17, 15) is 19.2 Å². The van der Waals surface area contributed by atoms with Crippen LogP contribution in [0.25, 0.3) is 0 Å². The molecule has 184 valence electrons. The first-order valence-electron chi connectivity index (χ1n) is 11.2.